The molecule has 5 aromatic rings. The normalized spacial score (nSPS) is 12.1. The third-order valence-corrected chi connectivity index (χ3v) is 5.55. The number of oxazole rings is 1. The van der Waals surface area contributed by atoms with Gasteiger partial charge in [-0.3, -0.25) is 9.36 Å². The van der Waals surface area contributed by atoms with Gasteiger partial charge in [0.2, 0.25) is 5.91 Å². The van der Waals surface area contributed by atoms with Crippen molar-refractivity contribution in [3.8, 4) is 5.75 Å². The molecule has 0 radical (unpaired) electrons. The molecular weight excluding hydrogens is 404 g/mol. The van der Waals surface area contributed by atoms with E-state index in [0.717, 1.165) is 16.3 Å². The number of aromatic hydroxyl groups is 1. The van der Waals surface area contributed by atoms with Gasteiger partial charge in [-0.05, 0) is 34.5 Å². The Labute approximate surface area is 183 Å². The Morgan fingerprint density at radius 2 is 1.62 bits per heavy atom. The zero-order chi connectivity index (χ0) is 22.1. The Bertz CT molecular complexity index is 1480. The molecule has 0 spiro atoms. The fourth-order valence-electron chi connectivity index (χ4n) is 4.07. The molecule has 0 saturated carbocycles. The molecule has 2 N–H and O–H groups in total. The number of rotatable bonds is 5. The molecule has 1 unspecified atom stereocenters. The van der Waals surface area contributed by atoms with Gasteiger partial charge in [0.25, 0.3) is 0 Å². The zero-order valence-corrected chi connectivity index (χ0v) is 17.1. The molecule has 0 aliphatic carbocycles. The molecule has 32 heavy (non-hydrogen) atoms. The molecule has 0 fully saturated rings. The molecule has 5 rings (SSSR count). The number of hydrogen-bond acceptors (Lipinski definition) is 4. The van der Waals surface area contributed by atoms with E-state index in [1.54, 1.807) is 30.3 Å². The van der Waals surface area contributed by atoms with Crippen LogP contribution in [0.3, 0.4) is 0 Å². The van der Waals surface area contributed by atoms with Gasteiger partial charge < -0.3 is 14.8 Å². The lowest BCUT2D eigenvalue weighted by Crippen LogP contribution is -2.34. The number of aromatic nitrogens is 1. The van der Waals surface area contributed by atoms with Gasteiger partial charge in [0, 0.05) is 5.56 Å². The molecule has 6 nitrogen and oxygen atoms in total. The highest BCUT2D eigenvalue weighted by Gasteiger charge is 2.23. The van der Waals surface area contributed by atoms with Crippen molar-refractivity contribution in [1.82, 2.24) is 9.88 Å². The Kier molecular flexibility index (Phi) is 4.95. The number of benzene rings is 4. The number of hydrogen-bond donors (Lipinski definition) is 2. The molecule has 1 atom stereocenters. The van der Waals surface area contributed by atoms with Crippen LogP contribution in [-0.4, -0.2) is 15.6 Å². The maximum atomic E-state index is 13.1. The van der Waals surface area contributed by atoms with Crippen molar-refractivity contribution in [3.05, 3.63) is 113 Å². The Morgan fingerprint density at radius 3 is 2.47 bits per heavy atom. The zero-order valence-electron chi connectivity index (χ0n) is 17.1. The van der Waals surface area contributed by atoms with Gasteiger partial charge in [0.15, 0.2) is 5.58 Å². The van der Waals surface area contributed by atoms with Gasteiger partial charge in [0.1, 0.15) is 12.3 Å². The minimum Gasteiger partial charge on any atom is -0.508 e. The molecule has 0 bridgehead atoms. The lowest BCUT2D eigenvalue weighted by molar-refractivity contribution is -0.122. The summed E-state index contributed by atoms with van der Waals surface area (Å²) in [5.41, 5.74) is 2.40. The summed E-state index contributed by atoms with van der Waals surface area (Å²) < 4.78 is 6.54. The van der Waals surface area contributed by atoms with Gasteiger partial charge >= 0.3 is 5.76 Å². The summed E-state index contributed by atoms with van der Waals surface area (Å²) in [4.78, 5) is 25.4. The first kappa shape index (κ1) is 19.6. The highest BCUT2D eigenvalue weighted by molar-refractivity contribution is 5.89. The number of carbonyl (C=O) groups excluding carboxylic acids is 1. The second-order valence-corrected chi connectivity index (χ2v) is 7.55. The topological polar surface area (TPSA) is 84.5 Å². The van der Waals surface area contributed by atoms with Crippen molar-refractivity contribution in [3.63, 3.8) is 0 Å². The number of phenolic OH excluding ortho intramolecular Hbond substituents is 1. The molecule has 0 saturated heterocycles. The third-order valence-electron chi connectivity index (χ3n) is 5.55. The highest BCUT2D eigenvalue weighted by Crippen LogP contribution is 2.35. The quantitative estimate of drug-likeness (QED) is 0.439. The summed E-state index contributed by atoms with van der Waals surface area (Å²) in [6.07, 6.45) is 0. The number of amides is 1. The summed E-state index contributed by atoms with van der Waals surface area (Å²) in [6, 6.07) is 27.0. The van der Waals surface area contributed by atoms with Gasteiger partial charge in [-0.25, -0.2) is 4.79 Å². The first-order chi connectivity index (χ1) is 15.6. The fourth-order valence-corrected chi connectivity index (χ4v) is 4.07. The van der Waals surface area contributed by atoms with Crippen LogP contribution in [0.2, 0.25) is 0 Å². The van der Waals surface area contributed by atoms with Crippen molar-refractivity contribution >= 4 is 27.8 Å². The van der Waals surface area contributed by atoms with Gasteiger partial charge in [-0.2, -0.15) is 0 Å². The Balaban J connectivity index is 1.56. The van der Waals surface area contributed by atoms with Crippen LogP contribution < -0.4 is 11.1 Å². The van der Waals surface area contributed by atoms with Crippen LogP contribution in [-0.2, 0) is 11.3 Å². The summed E-state index contributed by atoms with van der Waals surface area (Å²) >= 11 is 0. The largest absolute Gasteiger partial charge is 0.508 e. The molecule has 6 heteroatoms. The summed E-state index contributed by atoms with van der Waals surface area (Å²) in [6.45, 7) is -0.204. The van der Waals surface area contributed by atoms with Crippen molar-refractivity contribution < 1.29 is 14.3 Å². The van der Waals surface area contributed by atoms with Crippen molar-refractivity contribution in [2.24, 2.45) is 0 Å². The summed E-state index contributed by atoms with van der Waals surface area (Å²) in [5.74, 6) is -0.880. The van der Waals surface area contributed by atoms with E-state index in [1.807, 2.05) is 60.7 Å². The number of para-hydroxylation sites is 2. The average molecular weight is 424 g/mol. The number of carbonyl (C=O) groups is 1. The van der Waals surface area contributed by atoms with Crippen LogP contribution in [0.5, 0.6) is 5.75 Å². The third kappa shape index (κ3) is 3.52. The molecule has 1 heterocycles. The van der Waals surface area contributed by atoms with Crippen molar-refractivity contribution in [2.75, 3.05) is 0 Å². The van der Waals surface area contributed by atoms with Crippen molar-refractivity contribution in [1.29, 1.82) is 0 Å². The van der Waals surface area contributed by atoms with E-state index in [0.29, 0.717) is 16.7 Å². The lowest BCUT2D eigenvalue weighted by Gasteiger charge is -2.22. The van der Waals surface area contributed by atoms with Gasteiger partial charge in [-0.15, -0.1) is 0 Å². The van der Waals surface area contributed by atoms with Crippen LogP contribution in [0.15, 0.2) is 100 Å². The van der Waals surface area contributed by atoms with E-state index in [4.69, 9.17) is 4.42 Å². The molecule has 1 aromatic heterocycles. The van der Waals surface area contributed by atoms with Crippen LogP contribution >= 0.6 is 0 Å². The van der Waals surface area contributed by atoms with Crippen LogP contribution in [0.1, 0.15) is 17.2 Å². The van der Waals surface area contributed by atoms with E-state index in [1.165, 1.54) is 4.57 Å². The van der Waals surface area contributed by atoms with Gasteiger partial charge in [-0.1, -0.05) is 72.8 Å². The Morgan fingerprint density at radius 1 is 0.906 bits per heavy atom. The molecule has 4 aromatic carbocycles. The number of phenols is 1. The highest BCUT2D eigenvalue weighted by atomic mass is 16.4. The standard InChI is InChI=1S/C26H20N2O4/c29-21-15-14-17-8-4-5-11-19(17)24(21)25(18-9-2-1-3-10-18)27-23(30)16-28-20-12-6-7-13-22(20)32-26(28)31/h1-15,25,29H,16H2,(H,27,30). The van der Waals surface area contributed by atoms with E-state index in [9.17, 15) is 14.7 Å². The van der Waals surface area contributed by atoms with Crippen LogP contribution in [0.25, 0.3) is 21.9 Å². The fraction of sp³-hybridized carbons (Fsp3) is 0.0769. The average Bonchev–Trinajstić information content (AvgIpc) is 3.13. The predicted octanol–water partition coefficient (Wildman–Crippen LogP) is 4.36. The lowest BCUT2D eigenvalue weighted by atomic mass is 9.92. The summed E-state index contributed by atoms with van der Waals surface area (Å²) in [5, 5.41) is 15.6. The maximum absolute atomic E-state index is 13.1. The summed E-state index contributed by atoms with van der Waals surface area (Å²) in [7, 11) is 0. The minimum absolute atomic E-state index is 0.0868. The van der Waals surface area contributed by atoms with E-state index in [2.05, 4.69) is 5.32 Å². The van der Waals surface area contributed by atoms with E-state index >= 15 is 0 Å². The smallest absolute Gasteiger partial charge is 0.420 e. The second kappa shape index (κ2) is 8.07. The van der Waals surface area contributed by atoms with E-state index < -0.39 is 11.8 Å². The minimum atomic E-state index is -0.608. The second-order valence-electron chi connectivity index (χ2n) is 7.55. The molecular formula is C26H20N2O4. The van der Waals surface area contributed by atoms with Crippen molar-refractivity contribution in [2.45, 2.75) is 12.6 Å². The SMILES string of the molecule is O=C(Cn1c(=O)oc2ccccc21)NC(c1ccccc1)c1c(O)ccc2ccccc12. The number of nitrogens with one attached hydrogen (secondary N) is 1. The van der Waals surface area contributed by atoms with Crippen LogP contribution in [0.4, 0.5) is 0 Å². The number of nitrogens with zero attached hydrogens (tertiary/aromatic N) is 1. The van der Waals surface area contributed by atoms with Crippen LogP contribution in [0, 0.1) is 0 Å². The molecule has 0 aliphatic heterocycles. The molecule has 1 amide bonds. The maximum Gasteiger partial charge on any atom is 0.420 e. The number of fused-ring (bicyclic) bond motifs is 2. The van der Waals surface area contributed by atoms with Gasteiger partial charge in [0.05, 0.1) is 11.6 Å². The molecule has 0 aliphatic rings. The Hall–Kier alpha value is -4.32. The van der Waals surface area contributed by atoms with E-state index in [-0.39, 0.29) is 18.2 Å². The molecule has 158 valence electrons. The first-order valence-corrected chi connectivity index (χ1v) is 10.2. The monoisotopic (exact) mass is 424 g/mol. The predicted molar refractivity (Wildman–Crippen MR) is 123 cm³/mol. The first-order valence-electron chi connectivity index (χ1n) is 10.2.